The lowest BCUT2D eigenvalue weighted by molar-refractivity contribution is -0.138. The summed E-state index contributed by atoms with van der Waals surface area (Å²) in [5, 5.41) is 11.5. The highest BCUT2D eigenvalue weighted by atomic mass is 35.5. The molecular weight excluding hydrogens is 1860 g/mol. The predicted octanol–water partition coefficient (Wildman–Crippen LogP) is 16.4. The van der Waals surface area contributed by atoms with Crippen molar-refractivity contribution in [1.82, 2.24) is 20.6 Å². The largest absolute Gasteiger partial charge is 0.416 e. The monoisotopic (exact) mass is 1990 g/mol. The molecule has 38 heteroatoms. The van der Waals surface area contributed by atoms with Crippen molar-refractivity contribution in [3.05, 3.63) is 226 Å². The molecule has 0 saturated heterocycles. The third kappa shape index (κ3) is 49.2. The number of thioether (sulfide) groups is 2. The van der Waals surface area contributed by atoms with Gasteiger partial charge in [-0.25, -0.2) is 0 Å². The summed E-state index contributed by atoms with van der Waals surface area (Å²) in [6.07, 6.45) is -5.99. The molecule has 8 aromatic rings. The van der Waals surface area contributed by atoms with E-state index in [1.54, 1.807) is 75.4 Å². The molecule has 0 fully saturated rings. The van der Waals surface area contributed by atoms with Crippen LogP contribution in [0, 0.1) is 0 Å². The summed E-state index contributed by atoms with van der Waals surface area (Å²) in [4.78, 5) is 77.1. The van der Waals surface area contributed by atoms with Crippen LogP contribution in [-0.2, 0) is 118 Å². The fourth-order valence-electron chi connectivity index (χ4n) is 12.7. The summed E-state index contributed by atoms with van der Waals surface area (Å²) in [5.74, 6) is 0.824. The van der Waals surface area contributed by atoms with E-state index in [9.17, 15) is 50.3 Å². The number of benzene rings is 6. The molecule has 8 rings (SSSR count). The van der Waals surface area contributed by atoms with E-state index in [2.05, 4.69) is 41.0 Å². The quantitative estimate of drug-likeness (QED) is 0.0156. The van der Waals surface area contributed by atoms with Gasteiger partial charge in [-0.1, -0.05) is 60.3 Å². The van der Waals surface area contributed by atoms with Crippen LogP contribution in [-0.4, -0.2) is 289 Å². The summed E-state index contributed by atoms with van der Waals surface area (Å²) < 4.78 is 165. The van der Waals surface area contributed by atoms with Crippen molar-refractivity contribution in [3.8, 4) is 22.5 Å². The van der Waals surface area contributed by atoms with E-state index in [1.807, 2.05) is 82.3 Å². The Kier molecular flexibility index (Phi) is 60.6. The van der Waals surface area contributed by atoms with E-state index in [-0.39, 0.29) is 47.0 Å². The maximum Gasteiger partial charge on any atom is 0.416 e. The van der Waals surface area contributed by atoms with Crippen LogP contribution < -0.4 is 31.1 Å². The molecule has 0 saturated carbocycles. The number of nitrogens with zero attached hydrogens (tertiary/aromatic N) is 4. The highest BCUT2D eigenvalue weighted by Gasteiger charge is 2.32. The fourth-order valence-corrected chi connectivity index (χ4v) is 14.1. The van der Waals surface area contributed by atoms with Crippen molar-refractivity contribution < 1.29 is 126 Å². The molecule has 0 radical (unpaired) electrons. The lowest BCUT2D eigenvalue weighted by Crippen LogP contribution is -2.23. The minimum Gasteiger partial charge on any atom is -0.382 e. The first-order chi connectivity index (χ1) is 67.0. The van der Waals surface area contributed by atoms with Crippen LogP contribution in [0.3, 0.4) is 0 Å². The Morgan fingerprint density at radius 3 is 0.978 bits per heavy atom. The topological polar surface area (TPSA) is 313 Å². The number of hydrogen-bond acceptors (Lipinski definition) is 27. The molecule has 4 amide bonds. The standard InChI is InChI=1S/C49H65F3N4O10S.C32H30ClF3N4O2.C19H38O9S/c1-4-56(5-2)43-12-13-45(44(35-43)46-34-41(14-15-53-46)47(57)54-36-38-8-7-11-42(33-38)49(50,51)52)55-48(58)40-10-6-9-39(32-40)37-67-31-30-66-29-28-65-27-26-64-25-24-63-23-22-62-21-20-61-19-18-60-17-16-59-3;1-3-40(4-2)26-11-12-28(39-31(42)23-9-5-7-21(15-23)19-33)27(18-26)29-17-24(13-14-37-29)30(41)38-20-22-8-6-10-25(16-22)32(34,35)36;1-19(20)29-18-17-28-16-15-27-14-13-26-12-11-25-10-9-24-8-7-23-6-5-22-4-3-21-2/h6-15,32-35H,4-5,16-31,36-37H2,1-3H3,(H,54,57)(H,55,58);5-18H,3-4,19-20H2,1-2H3,(H,38,41)(H,39,42);3-18H2,1-2H3. The van der Waals surface area contributed by atoms with Gasteiger partial charge in [-0.2, -0.15) is 38.1 Å². The van der Waals surface area contributed by atoms with Crippen LogP contribution in [0.4, 0.5) is 49.1 Å². The predicted molar refractivity (Wildman–Crippen MR) is 525 cm³/mol. The molecule has 0 aliphatic rings. The number of anilines is 4. The molecule has 4 N–H and O–H groups in total. The molecule has 0 bridgehead atoms. The van der Waals surface area contributed by atoms with Crippen molar-refractivity contribution >= 4 is 86.6 Å². The molecule has 6 aromatic carbocycles. The first-order valence-electron chi connectivity index (χ1n) is 45.8. The van der Waals surface area contributed by atoms with Gasteiger partial charge in [0.05, 0.1) is 232 Å². The smallest absolute Gasteiger partial charge is 0.382 e. The summed E-state index contributed by atoms with van der Waals surface area (Å²) in [6, 6.07) is 41.6. The van der Waals surface area contributed by atoms with E-state index in [0.29, 0.717) is 266 Å². The lowest BCUT2D eigenvalue weighted by Gasteiger charge is -2.23. The van der Waals surface area contributed by atoms with E-state index in [1.165, 1.54) is 60.6 Å². The van der Waals surface area contributed by atoms with Gasteiger partial charge in [-0.15, -0.1) is 11.6 Å². The molecule has 2 aromatic heterocycles. The van der Waals surface area contributed by atoms with Crippen LogP contribution in [0.2, 0.25) is 0 Å². The van der Waals surface area contributed by atoms with Gasteiger partial charge in [0.25, 0.3) is 23.6 Å². The normalized spacial score (nSPS) is 11.3. The summed E-state index contributed by atoms with van der Waals surface area (Å²) >= 11 is 8.91. The van der Waals surface area contributed by atoms with Crippen LogP contribution in [0.1, 0.15) is 109 Å². The minimum atomic E-state index is -4.49. The second kappa shape index (κ2) is 71.2. The van der Waals surface area contributed by atoms with E-state index >= 15 is 0 Å². The maximum atomic E-state index is 13.7. The number of nitrogens with one attached hydrogen (secondary N) is 4. The SMILES string of the molecule is CCN(CC)c1ccc(NC(=O)c2cccc(CCl)c2)c(-c2cc(C(=O)NCc3cccc(C(F)(F)F)c3)ccn2)c1.CCN(CC)c1ccc(NC(=O)c2cccc(CSCCOCCOCCOCCOCCOCCOCCOCCOC)c2)c(-c2cc(C(=O)NCc3cccc(C(F)(F)F)c3)ccn2)c1.COCCOCCOCCOCCOCCOCCOCCOCCSC(C)=O. The van der Waals surface area contributed by atoms with E-state index < -0.39 is 35.3 Å². The van der Waals surface area contributed by atoms with Crippen molar-refractivity contribution in [2.24, 2.45) is 0 Å². The number of rotatable bonds is 69. The van der Waals surface area contributed by atoms with Gasteiger partial charge in [0.1, 0.15) is 0 Å². The number of ether oxygens (including phenoxy) is 16. The molecule has 760 valence electrons. The van der Waals surface area contributed by atoms with Crippen LogP contribution in [0.15, 0.2) is 170 Å². The van der Waals surface area contributed by atoms with Gasteiger partial charge in [0.15, 0.2) is 5.12 Å². The molecule has 0 spiro atoms. The third-order valence-corrected chi connectivity index (χ3v) is 21.9. The van der Waals surface area contributed by atoms with Gasteiger partial charge in [0, 0.05) is 141 Å². The zero-order chi connectivity index (χ0) is 99.5. The molecular formula is C100H133ClF6N8O21S2. The van der Waals surface area contributed by atoms with Crippen LogP contribution in [0.5, 0.6) is 0 Å². The zero-order valence-corrected chi connectivity index (χ0v) is 82.2. The second-order valence-corrected chi connectivity index (χ2v) is 32.5. The van der Waals surface area contributed by atoms with Crippen molar-refractivity contribution in [3.63, 3.8) is 0 Å². The summed E-state index contributed by atoms with van der Waals surface area (Å²) in [5.41, 5.74) is 7.25. The molecule has 138 heavy (non-hydrogen) atoms. The molecule has 0 atom stereocenters. The highest BCUT2D eigenvalue weighted by molar-refractivity contribution is 8.13. The maximum absolute atomic E-state index is 13.7. The van der Waals surface area contributed by atoms with Gasteiger partial charge in [-0.3, -0.25) is 33.9 Å². The Balaban J connectivity index is 0.000000350. The Morgan fingerprint density at radius 2 is 0.652 bits per heavy atom. The molecule has 0 aliphatic carbocycles. The average molecular weight is 2000 g/mol. The lowest BCUT2D eigenvalue weighted by atomic mass is 10.0. The number of hydrogen-bond donors (Lipinski definition) is 4. The molecule has 0 unspecified atom stereocenters. The number of carbonyl (C=O) groups is 5. The number of pyridine rings is 2. The van der Waals surface area contributed by atoms with Gasteiger partial charge in [-0.05, 0) is 159 Å². The number of amides is 4. The Hall–Kier alpha value is -9.30. The minimum absolute atomic E-state index is 0.0828. The third-order valence-electron chi connectivity index (χ3n) is 19.8. The molecule has 2 heterocycles. The first kappa shape index (κ1) is 117. The number of methoxy groups -OCH3 is 2. The summed E-state index contributed by atoms with van der Waals surface area (Å²) in [6.45, 7) is 28.2. The Morgan fingerprint density at radius 1 is 0.348 bits per heavy atom. The van der Waals surface area contributed by atoms with Crippen LogP contribution >= 0.6 is 35.1 Å². The van der Waals surface area contributed by atoms with Gasteiger partial charge < -0.3 is 107 Å². The Bertz CT molecular complexity index is 4750. The van der Waals surface area contributed by atoms with Crippen molar-refractivity contribution in [2.75, 3.05) is 271 Å². The van der Waals surface area contributed by atoms with Gasteiger partial charge >= 0.3 is 12.4 Å². The first-order valence-corrected chi connectivity index (χ1v) is 48.4. The fraction of sp³-hybridized carbons (Fsp3) is 0.490. The van der Waals surface area contributed by atoms with Crippen molar-refractivity contribution in [2.45, 2.75) is 71.7 Å². The highest BCUT2D eigenvalue weighted by Crippen LogP contribution is 2.36. The average Bonchev–Trinajstić information content (AvgIpc) is 0.802. The van der Waals surface area contributed by atoms with Crippen LogP contribution in [0.25, 0.3) is 22.5 Å². The number of carbonyl (C=O) groups excluding carboxylic acids is 5. The second-order valence-electron chi connectivity index (χ2n) is 29.8. The van der Waals surface area contributed by atoms with E-state index in [0.717, 1.165) is 78.7 Å². The summed E-state index contributed by atoms with van der Waals surface area (Å²) in [7, 11) is 3.28. The number of halogens is 7. The van der Waals surface area contributed by atoms with Crippen molar-refractivity contribution in [1.29, 1.82) is 0 Å². The number of alkyl halides is 7. The zero-order valence-electron chi connectivity index (χ0n) is 79.8. The molecule has 29 nitrogen and oxygen atoms in total. The number of aromatic nitrogens is 2. The van der Waals surface area contributed by atoms with E-state index in [4.69, 9.17) is 87.4 Å². The molecule has 0 aliphatic heterocycles. The van der Waals surface area contributed by atoms with Gasteiger partial charge in [0.2, 0.25) is 0 Å². The Labute approximate surface area is 819 Å².